The number of benzene rings is 1. The molecule has 2 saturated heterocycles. The standard InChI is InChI=1S/C19H27N3O6S/c1-19(2,3)28-18(23)14-8-11-20(13-14)16-7-6-15(22(24)25)12-17(16)29(26,27)21-9-4-5-10-21/h6-7,12,14H,4-5,8-11,13H2,1-3H3. The number of sulfonamides is 1. The molecule has 1 atom stereocenters. The van der Waals surface area contributed by atoms with Gasteiger partial charge in [0.1, 0.15) is 10.5 Å². The highest BCUT2D eigenvalue weighted by atomic mass is 32.2. The Bertz CT molecular complexity index is 903. The fourth-order valence-corrected chi connectivity index (χ4v) is 5.46. The van der Waals surface area contributed by atoms with Gasteiger partial charge in [-0.25, -0.2) is 8.42 Å². The quantitative estimate of drug-likeness (QED) is 0.405. The Morgan fingerprint density at radius 3 is 2.45 bits per heavy atom. The van der Waals surface area contributed by atoms with Crippen molar-refractivity contribution in [2.75, 3.05) is 31.1 Å². The lowest BCUT2D eigenvalue weighted by Crippen LogP contribution is -2.32. The van der Waals surface area contributed by atoms with Gasteiger partial charge < -0.3 is 9.64 Å². The molecule has 1 unspecified atom stereocenters. The second kappa shape index (κ2) is 7.91. The molecular weight excluding hydrogens is 398 g/mol. The Kier molecular flexibility index (Phi) is 5.86. The summed E-state index contributed by atoms with van der Waals surface area (Å²) < 4.78 is 33.2. The summed E-state index contributed by atoms with van der Waals surface area (Å²) in [5, 5.41) is 11.2. The molecule has 2 aliphatic heterocycles. The second-order valence-corrected chi connectivity index (χ2v) is 10.4. The zero-order chi connectivity index (χ0) is 21.4. The minimum absolute atomic E-state index is 0.0709. The summed E-state index contributed by atoms with van der Waals surface area (Å²) in [6.07, 6.45) is 2.08. The largest absolute Gasteiger partial charge is 0.460 e. The first-order chi connectivity index (χ1) is 13.5. The predicted octanol–water partition coefficient (Wildman–Crippen LogP) is 2.55. The molecule has 29 heavy (non-hydrogen) atoms. The van der Waals surface area contributed by atoms with Crippen LogP contribution in [-0.4, -0.2) is 55.4 Å². The SMILES string of the molecule is CC(C)(C)OC(=O)C1CCN(c2ccc([N+](=O)[O-])cc2S(=O)(=O)N2CCCC2)C1. The van der Waals surface area contributed by atoms with Crippen molar-refractivity contribution < 1.29 is 22.9 Å². The number of rotatable bonds is 5. The fourth-order valence-electron chi connectivity index (χ4n) is 3.71. The predicted molar refractivity (Wildman–Crippen MR) is 107 cm³/mol. The molecule has 0 aromatic heterocycles. The average Bonchev–Trinajstić information content (AvgIpc) is 3.32. The van der Waals surface area contributed by atoms with Crippen molar-refractivity contribution >= 4 is 27.4 Å². The third-order valence-corrected chi connectivity index (χ3v) is 7.03. The van der Waals surface area contributed by atoms with Crippen LogP contribution < -0.4 is 4.90 Å². The Balaban J connectivity index is 1.91. The number of anilines is 1. The second-order valence-electron chi connectivity index (χ2n) is 8.49. The van der Waals surface area contributed by atoms with Crippen LogP contribution >= 0.6 is 0 Å². The zero-order valence-corrected chi connectivity index (χ0v) is 17.8. The van der Waals surface area contributed by atoms with Crippen LogP contribution in [0.2, 0.25) is 0 Å². The van der Waals surface area contributed by atoms with Crippen LogP contribution in [-0.2, 0) is 19.6 Å². The summed E-state index contributed by atoms with van der Waals surface area (Å²) in [4.78, 5) is 24.8. The van der Waals surface area contributed by atoms with Crippen LogP contribution in [0, 0.1) is 16.0 Å². The van der Waals surface area contributed by atoms with Gasteiger partial charge in [0.25, 0.3) is 5.69 Å². The average molecular weight is 426 g/mol. The molecule has 2 fully saturated rings. The third kappa shape index (κ3) is 4.69. The van der Waals surface area contributed by atoms with Gasteiger partial charge in [0.15, 0.2) is 0 Å². The molecule has 0 N–H and O–H groups in total. The molecule has 10 heteroatoms. The molecule has 9 nitrogen and oxygen atoms in total. The minimum Gasteiger partial charge on any atom is -0.460 e. The fraction of sp³-hybridized carbons (Fsp3) is 0.632. The number of carbonyl (C=O) groups is 1. The van der Waals surface area contributed by atoms with Crippen molar-refractivity contribution in [2.24, 2.45) is 5.92 Å². The molecule has 1 aromatic carbocycles. The van der Waals surface area contributed by atoms with Crippen LogP contribution in [0.5, 0.6) is 0 Å². The van der Waals surface area contributed by atoms with Gasteiger partial charge in [-0.05, 0) is 46.1 Å². The van der Waals surface area contributed by atoms with Crippen molar-refractivity contribution in [1.82, 2.24) is 4.31 Å². The Labute approximate surface area is 170 Å². The van der Waals surface area contributed by atoms with Crippen molar-refractivity contribution in [1.29, 1.82) is 0 Å². The van der Waals surface area contributed by atoms with E-state index in [0.29, 0.717) is 38.3 Å². The summed E-state index contributed by atoms with van der Waals surface area (Å²) in [5.41, 5.74) is -0.467. The Morgan fingerprint density at radius 2 is 1.86 bits per heavy atom. The molecule has 0 radical (unpaired) electrons. The molecule has 1 aromatic rings. The van der Waals surface area contributed by atoms with E-state index in [4.69, 9.17) is 4.74 Å². The van der Waals surface area contributed by atoms with Gasteiger partial charge in [0, 0.05) is 38.3 Å². The van der Waals surface area contributed by atoms with Crippen molar-refractivity contribution in [3.05, 3.63) is 28.3 Å². The molecular formula is C19H27N3O6S. The summed E-state index contributed by atoms with van der Waals surface area (Å²) in [7, 11) is -3.86. The molecule has 0 amide bonds. The van der Waals surface area contributed by atoms with Crippen molar-refractivity contribution in [3.63, 3.8) is 0 Å². The lowest BCUT2D eigenvalue weighted by molar-refractivity contribution is -0.385. The molecule has 3 rings (SSSR count). The number of ether oxygens (including phenoxy) is 1. The lowest BCUT2D eigenvalue weighted by Gasteiger charge is -2.25. The molecule has 2 aliphatic rings. The van der Waals surface area contributed by atoms with E-state index in [1.807, 2.05) is 0 Å². The number of hydrogen-bond acceptors (Lipinski definition) is 7. The highest BCUT2D eigenvalue weighted by Gasteiger charge is 2.36. The molecule has 0 aliphatic carbocycles. The summed E-state index contributed by atoms with van der Waals surface area (Å²) in [6, 6.07) is 3.90. The summed E-state index contributed by atoms with van der Waals surface area (Å²) >= 11 is 0. The number of hydrogen-bond donors (Lipinski definition) is 0. The van der Waals surface area contributed by atoms with E-state index < -0.39 is 20.5 Å². The first-order valence-electron chi connectivity index (χ1n) is 9.75. The van der Waals surface area contributed by atoms with E-state index in [1.54, 1.807) is 25.7 Å². The van der Waals surface area contributed by atoms with Gasteiger partial charge in [-0.2, -0.15) is 4.31 Å². The number of nitrogens with zero attached hydrogens (tertiary/aromatic N) is 3. The monoisotopic (exact) mass is 425 g/mol. The van der Waals surface area contributed by atoms with E-state index in [2.05, 4.69) is 0 Å². The number of carbonyl (C=O) groups excluding carboxylic acids is 1. The maximum atomic E-state index is 13.2. The van der Waals surface area contributed by atoms with Gasteiger partial charge in [-0.1, -0.05) is 0 Å². The highest BCUT2D eigenvalue weighted by molar-refractivity contribution is 7.89. The van der Waals surface area contributed by atoms with Crippen LogP contribution in [0.3, 0.4) is 0 Å². The van der Waals surface area contributed by atoms with Crippen LogP contribution in [0.4, 0.5) is 11.4 Å². The number of esters is 1. The number of non-ortho nitro benzene ring substituents is 1. The Hall–Kier alpha value is -2.20. The highest BCUT2D eigenvalue weighted by Crippen LogP contribution is 2.36. The van der Waals surface area contributed by atoms with Crippen molar-refractivity contribution in [2.45, 2.75) is 50.5 Å². The Morgan fingerprint density at radius 1 is 1.21 bits per heavy atom. The zero-order valence-electron chi connectivity index (χ0n) is 17.0. The van der Waals surface area contributed by atoms with Gasteiger partial charge >= 0.3 is 5.97 Å². The van der Waals surface area contributed by atoms with E-state index >= 15 is 0 Å². The van der Waals surface area contributed by atoms with Gasteiger partial charge in [-0.3, -0.25) is 14.9 Å². The smallest absolute Gasteiger partial charge is 0.311 e. The van der Waals surface area contributed by atoms with E-state index in [0.717, 1.165) is 18.9 Å². The van der Waals surface area contributed by atoms with E-state index in [9.17, 15) is 23.3 Å². The normalized spacial score (nSPS) is 20.8. The van der Waals surface area contributed by atoms with Crippen LogP contribution in [0.25, 0.3) is 0 Å². The molecule has 2 heterocycles. The van der Waals surface area contributed by atoms with Crippen LogP contribution in [0.1, 0.15) is 40.0 Å². The lowest BCUT2D eigenvalue weighted by atomic mass is 10.1. The third-order valence-electron chi connectivity index (χ3n) is 5.11. The van der Waals surface area contributed by atoms with Crippen molar-refractivity contribution in [3.8, 4) is 0 Å². The molecule has 0 bridgehead atoms. The van der Waals surface area contributed by atoms with E-state index in [-0.39, 0.29) is 22.5 Å². The maximum Gasteiger partial charge on any atom is 0.311 e. The molecule has 0 spiro atoms. The molecule has 160 valence electrons. The number of nitro benzene ring substituents is 1. The van der Waals surface area contributed by atoms with Gasteiger partial charge in [-0.15, -0.1) is 0 Å². The topological polar surface area (TPSA) is 110 Å². The van der Waals surface area contributed by atoms with E-state index in [1.165, 1.54) is 16.4 Å². The summed E-state index contributed by atoms with van der Waals surface area (Å²) in [5.74, 6) is -0.683. The first-order valence-corrected chi connectivity index (χ1v) is 11.2. The number of nitro groups is 1. The van der Waals surface area contributed by atoms with Gasteiger partial charge in [0.05, 0.1) is 16.5 Å². The maximum absolute atomic E-state index is 13.2. The first kappa shape index (κ1) is 21.5. The van der Waals surface area contributed by atoms with Gasteiger partial charge in [0.2, 0.25) is 10.0 Å². The molecule has 0 saturated carbocycles. The van der Waals surface area contributed by atoms with Crippen LogP contribution in [0.15, 0.2) is 23.1 Å². The minimum atomic E-state index is -3.86. The summed E-state index contributed by atoms with van der Waals surface area (Å²) in [6.45, 7) is 7.01.